The predicted octanol–water partition coefficient (Wildman–Crippen LogP) is 0.835. The highest BCUT2D eigenvalue weighted by atomic mass is 16.5. The summed E-state index contributed by atoms with van der Waals surface area (Å²) in [6.07, 6.45) is 4.14. The first-order valence-corrected chi connectivity index (χ1v) is 6.81. The van der Waals surface area contributed by atoms with Gasteiger partial charge in [0.1, 0.15) is 0 Å². The van der Waals surface area contributed by atoms with E-state index in [2.05, 4.69) is 11.9 Å². The molecule has 1 aliphatic rings. The summed E-state index contributed by atoms with van der Waals surface area (Å²) in [5, 5.41) is 10.3. The molecule has 0 saturated heterocycles. The molecule has 2 unspecified atom stereocenters. The van der Waals surface area contributed by atoms with Gasteiger partial charge in [0.15, 0.2) is 0 Å². The van der Waals surface area contributed by atoms with Gasteiger partial charge in [0, 0.05) is 19.7 Å². The van der Waals surface area contributed by atoms with Gasteiger partial charge < -0.3 is 20.5 Å². The molecular weight excluding hydrogens is 216 g/mol. The largest absolute Gasteiger partial charge is 0.388 e. The summed E-state index contributed by atoms with van der Waals surface area (Å²) in [4.78, 5) is 2.27. The average Bonchev–Trinajstić information content (AvgIpc) is 2.69. The molecule has 0 aliphatic heterocycles. The van der Waals surface area contributed by atoms with Gasteiger partial charge in [-0.3, -0.25) is 0 Å². The summed E-state index contributed by atoms with van der Waals surface area (Å²) >= 11 is 0. The first kappa shape index (κ1) is 14.9. The molecule has 1 aliphatic carbocycles. The van der Waals surface area contributed by atoms with Crippen LogP contribution in [0.15, 0.2) is 0 Å². The molecule has 0 aromatic carbocycles. The second-order valence-corrected chi connectivity index (χ2v) is 5.19. The maximum absolute atomic E-state index is 10.3. The predicted molar refractivity (Wildman–Crippen MR) is 70.0 cm³/mol. The van der Waals surface area contributed by atoms with Crippen LogP contribution in [-0.2, 0) is 4.74 Å². The van der Waals surface area contributed by atoms with Crippen molar-refractivity contribution in [3.05, 3.63) is 0 Å². The topological polar surface area (TPSA) is 58.7 Å². The maximum Gasteiger partial charge on any atom is 0.0797 e. The normalized spacial score (nSPS) is 29.1. The molecule has 0 aromatic rings. The van der Waals surface area contributed by atoms with E-state index in [9.17, 15) is 5.11 Å². The van der Waals surface area contributed by atoms with Crippen LogP contribution in [0.5, 0.6) is 0 Å². The summed E-state index contributed by atoms with van der Waals surface area (Å²) in [7, 11) is 2.11. The van der Waals surface area contributed by atoms with Crippen molar-refractivity contribution < 1.29 is 9.84 Å². The molecule has 0 aromatic heterocycles. The molecule has 4 nitrogen and oxygen atoms in total. The lowest BCUT2D eigenvalue weighted by Crippen LogP contribution is -2.42. The van der Waals surface area contributed by atoms with E-state index in [4.69, 9.17) is 10.5 Å². The van der Waals surface area contributed by atoms with E-state index in [1.165, 1.54) is 0 Å². The van der Waals surface area contributed by atoms with Gasteiger partial charge in [0.25, 0.3) is 0 Å². The lowest BCUT2D eigenvalue weighted by Gasteiger charge is -2.30. The Morgan fingerprint density at radius 2 is 2.24 bits per heavy atom. The Morgan fingerprint density at radius 3 is 2.88 bits per heavy atom. The fourth-order valence-electron chi connectivity index (χ4n) is 2.66. The Bertz CT molecular complexity index is 214. The van der Waals surface area contributed by atoms with E-state index >= 15 is 0 Å². The van der Waals surface area contributed by atoms with E-state index in [0.717, 1.165) is 52.0 Å². The number of ether oxygens (including phenoxy) is 1. The van der Waals surface area contributed by atoms with Crippen molar-refractivity contribution in [1.29, 1.82) is 0 Å². The number of aliphatic hydroxyl groups is 1. The van der Waals surface area contributed by atoms with Crippen LogP contribution >= 0.6 is 0 Å². The zero-order chi connectivity index (χ0) is 12.7. The molecule has 1 fully saturated rings. The van der Waals surface area contributed by atoms with Crippen LogP contribution in [0.25, 0.3) is 0 Å². The van der Waals surface area contributed by atoms with Crippen molar-refractivity contribution in [2.75, 3.05) is 39.9 Å². The lowest BCUT2D eigenvalue weighted by atomic mass is 9.88. The maximum atomic E-state index is 10.3. The SMILES string of the molecule is CCOCCN(C)CCC1CCCC1(O)CN. The number of nitrogens with two attached hydrogens (primary N) is 1. The van der Waals surface area contributed by atoms with E-state index < -0.39 is 5.60 Å². The monoisotopic (exact) mass is 244 g/mol. The summed E-state index contributed by atoms with van der Waals surface area (Å²) in [6, 6.07) is 0. The molecule has 1 rings (SSSR count). The standard InChI is InChI=1S/C13H28N2O2/c1-3-17-10-9-15(2)8-6-12-5-4-7-13(12,16)11-14/h12,16H,3-11,14H2,1-2H3. The zero-order valence-corrected chi connectivity index (χ0v) is 11.3. The van der Waals surface area contributed by atoms with Crippen molar-refractivity contribution in [2.45, 2.75) is 38.2 Å². The molecule has 4 heteroatoms. The van der Waals surface area contributed by atoms with Crippen LogP contribution in [0.4, 0.5) is 0 Å². The first-order valence-electron chi connectivity index (χ1n) is 6.81. The highest BCUT2D eigenvalue weighted by Gasteiger charge is 2.39. The summed E-state index contributed by atoms with van der Waals surface area (Å²) in [6.45, 7) is 5.96. The molecule has 0 spiro atoms. The minimum atomic E-state index is -0.596. The van der Waals surface area contributed by atoms with Gasteiger partial charge in [0.05, 0.1) is 12.2 Å². The van der Waals surface area contributed by atoms with E-state index in [1.54, 1.807) is 0 Å². The van der Waals surface area contributed by atoms with Gasteiger partial charge in [-0.15, -0.1) is 0 Å². The van der Waals surface area contributed by atoms with E-state index in [0.29, 0.717) is 12.5 Å². The number of nitrogens with zero attached hydrogens (tertiary/aromatic N) is 1. The van der Waals surface area contributed by atoms with Crippen LogP contribution < -0.4 is 5.73 Å². The molecule has 0 radical (unpaired) electrons. The minimum Gasteiger partial charge on any atom is -0.388 e. The zero-order valence-electron chi connectivity index (χ0n) is 11.3. The summed E-state index contributed by atoms with van der Waals surface area (Å²) in [5.41, 5.74) is 5.08. The van der Waals surface area contributed by atoms with E-state index in [1.807, 2.05) is 6.92 Å². The highest BCUT2D eigenvalue weighted by molar-refractivity contribution is 4.93. The van der Waals surface area contributed by atoms with Gasteiger partial charge in [-0.1, -0.05) is 6.42 Å². The van der Waals surface area contributed by atoms with Gasteiger partial charge in [-0.2, -0.15) is 0 Å². The van der Waals surface area contributed by atoms with Gasteiger partial charge >= 0.3 is 0 Å². The molecule has 2 atom stereocenters. The molecule has 0 bridgehead atoms. The Labute approximate surface area is 105 Å². The van der Waals surface area contributed by atoms with Crippen LogP contribution in [0.1, 0.15) is 32.6 Å². The van der Waals surface area contributed by atoms with Gasteiger partial charge in [0.2, 0.25) is 0 Å². The molecule has 17 heavy (non-hydrogen) atoms. The van der Waals surface area contributed by atoms with Crippen molar-refractivity contribution in [2.24, 2.45) is 11.7 Å². The van der Waals surface area contributed by atoms with Gasteiger partial charge in [-0.05, 0) is 45.7 Å². The molecule has 1 saturated carbocycles. The number of hydrogen-bond donors (Lipinski definition) is 2. The third-order valence-electron chi connectivity index (χ3n) is 3.96. The van der Waals surface area contributed by atoms with Crippen LogP contribution in [0, 0.1) is 5.92 Å². The Morgan fingerprint density at radius 1 is 1.47 bits per heavy atom. The Kier molecular flexibility index (Phi) is 6.41. The number of hydrogen-bond acceptors (Lipinski definition) is 4. The van der Waals surface area contributed by atoms with Crippen molar-refractivity contribution in [1.82, 2.24) is 4.90 Å². The average molecular weight is 244 g/mol. The van der Waals surface area contributed by atoms with E-state index in [-0.39, 0.29) is 0 Å². The van der Waals surface area contributed by atoms with Crippen molar-refractivity contribution >= 4 is 0 Å². The minimum absolute atomic E-state index is 0.377. The van der Waals surface area contributed by atoms with Crippen molar-refractivity contribution in [3.8, 4) is 0 Å². The molecule has 0 heterocycles. The summed E-state index contributed by atoms with van der Waals surface area (Å²) < 4.78 is 5.33. The van der Waals surface area contributed by atoms with Crippen LogP contribution in [-0.4, -0.2) is 55.5 Å². The molecular formula is C13H28N2O2. The second-order valence-electron chi connectivity index (χ2n) is 5.19. The third-order valence-corrected chi connectivity index (χ3v) is 3.96. The highest BCUT2D eigenvalue weighted by Crippen LogP contribution is 2.37. The third kappa shape index (κ3) is 4.54. The number of likely N-dealkylation sites (N-methyl/N-ethyl adjacent to an activating group) is 1. The molecule has 0 amide bonds. The smallest absolute Gasteiger partial charge is 0.0797 e. The first-order chi connectivity index (χ1) is 8.12. The summed E-state index contributed by atoms with van der Waals surface area (Å²) in [5.74, 6) is 0.377. The lowest BCUT2D eigenvalue weighted by molar-refractivity contribution is 0.00458. The fourth-order valence-corrected chi connectivity index (χ4v) is 2.66. The Balaban J connectivity index is 2.21. The number of rotatable bonds is 8. The molecule has 3 N–H and O–H groups in total. The van der Waals surface area contributed by atoms with Gasteiger partial charge in [-0.25, -0.2) is 0 Å². The fraction of sp³-hybridized carbons (Fsp3) is 1.00. The quantitative estimate of drug-likeness (QED) is 0.621. The van der Waals surface area contributed by atoms with Crippen LogP contribution in [0.2, 0.25) is 0 Å². The molecule has 102 valence electrons. The van der Waals surface area contributed by atoms with Crippen LogP contribution in [0.3, 0.4) is 0 Å². The second kappa shape index (κ2) is 7.31. The Hall–Kier alpha value is -0.160. The van der Waals surface area contributed by atoms with Crippen molar-refractivity contribution in [3.63, 3.8) is 0 Å².